The number of hydrogen-bond acceptors (Lipinski definition) is 4. The van der Waals surface area contributed by atoms with Gasteiger partial charge in [0.15, 0.2) is 11.7 Å². The van der Waals surface area contributed by atoms with Crippen LogP contribution in [0.3, 0.4) is 0 Å². The minimum atomic E-state index is 0.500. The summed E-state index contributed by atoms with van der Waals surface area (Å²) in [4.78, 5) is 5.53. The maximum atomic E-state index is 5.56. The first-order chi connectivity index (χ1) is 6.79. The third kappa shape index (κ3) is 1.77. The van der Waals surface area contributed by atoms with E-state index in [1.165, 1.54) is 4.80 Å². The molecule has 0 aliphatic rings. The van der Waals surface area contributed by atoms with E-state index in [-0.39, 0.29) is 0 Å². The lowest BCUT2D eigenvalue weighted by Crippen LogP contribution is -1.91. The molecule has 0 saturated carbocycles. The third-order valence-corrected chi connectivity index (χ3v) is 1.90. The van der Waals surface area contributed by atoms with Crippen LogP contribution in [0.2, 0.25) is 0 Å². The molecular weight excluding hydrogens is 204 g/mol. The summed E-state index contributed by atoms with van der Waals surface area (Å²) in [5.74, 6) is 1.75. The van der Waals surface area contributed by atoms with Crippen LogP contribution in [-0.4, -0.2) is 25.9 Å². The van der Waals surface area contributed by atoms with Crippen molar-refractivity contribution in [2.24, 2.45) is 7.05 Å². The Morgan fingerprint density at radius 2 is 2.36 bits per heavy atom. The highest BCUT2D eigenvalue weighted by Gasteiger charge is 2.08. The highest BCUT2D eigenvalue weighted by Crippen LogP contribution is 2.16. The van der Waals surface area contributed by atoms with Crippen molar-refractivity contribution < 1.29 is 4.42 Å². The molecule has 2 aromatic rings. The molecule has 0 N–H and O–H groups in total. The van der Waals surface area contributed by atoms with Gasteiger partial charge in [-0.25, -0.2) is 4.98 Å². The van der Waals surface area contributed by atoms with E-state index in [0.717, 1.165) is 0 Å². The Kier molecular flexibility index (Phi) is 2.49. The first kappa shape index (κ1) is 9.21. The van der Waals surface area contributed by atoms with Crippen LogP contribution < -0.4 is 0 Å². The van der Waals surface area contributed by atoms with Crippen molar-refractivity contribution in [1.82, 2.24) is 20.0 Å². The number of alkyl halides is 1. The molecule has 0 aliphatic heterocycles. The molecule has 0 bridgehead atoms. The van der Waals surface area contributed by atoms with Gasteiger partial charge in [-0.1, -0.05) is 0 Å². The number of oxazole rings is 1. The highest BCUT2D eigenvalue weighted by molar-refractivity contribution is 6.17. The van der Waals surface area contributed by atoms with Crippen LogP contribution in [0, 0.1) is 0 Å². The molecule has 0 spiro atoms. The Bertz CT molecular complexity index is 422. The fourth-order valence-electron chi connectivity index (χ4n) is 1.08. The average molecular weight is 213 g/mol. The van der Waals surface area contributed by atoms with Gasteiger partial charge in [-0.05, 0) is 0 Å². The van der Waals surface area contributed by atoms with E-state index < -0.39 is 0 Å². The Labute approximate surface area is 85.7 Å². The number of halogens is 1. The lowest BCUT2D eigenvalue weighted by molar-refractivity contribution is 0.512. The summed E-state index contributed by atoms with van der Waals surface area (Å²) in [5, 5.41) is 8.03. The van der Waals surface area contributed by atoms with Gasteiger partial charge in [-0.2, -0.15) is 15.0 Å². The molecule has 0 aromatic carbocycles. The summed E-state index contributed by atoms with van der Waals surface area (Å²) < 4.78 is 5.41. The Morgan fingerprint density at radius 3 is 3.00 bits per heavy atom. The second-order valence-electron chi connectivity index (χ2n) is 2.78. The summed E-state index contributed by atoms with van der Waals surface area (Å²) in [6.07, 6.45) is 3.89. The molecule has 0 atom stereocenters. The second-order valence-corrected chi connectivity index (χ2v) is 3.15. The average Bonchev–Trinajstić information content (AvgIpc) is 2.74. The summed E-state index contributed by atoms with van der Waals surface area (Å²) in [5.41, 5.74) is 0.681. The number of hydrogen-bond donors (Lipinski definition) is 0. The van der Waals surface area contributed by atoms with E-state index in [9.17, 15) is 0 Å². The molecule has 0 saturated heterocycles. The Balaban J connectivity index is 2.24. The standard InChI is InChI=1S/C8H9ClN4O/c1-13-11-4-6(12-13)7-5-10-8(14-7)2-3-9/h4-5H,2-3H2,1H3. The zero-order valence-electron chi connectivity index (χ0n) is 7.64. The second kappa shape index (κ2) is 3.79. The van der Waals surface area contributed by atoms with Crippen LogP contribution in [0.15, 0.2) is 16.8 Å². The first-order valence-corrected chi connectivity index (χ1v) is 4.70. The Hall–Kier alpha value is -1.36. The number of aryl methyl sites for hydroxylation is 2. The van der Waals surface area contributed by atoms with Crippen LogP contribution in [0.4, 0.5) is 0 Å². The smallest absolute Gasteiger partial charge is 0.196 e. The normalized spacial score (nSPS) is 10.7. The molecule has 74 valence electrons. The minimum absolute atomic E-state index is 0.500. The van der Waals surface area contributed by atoms with Gasteiger partial charge in [-0.3, -0.25) is 0 Å². The zero-order chi connectivity index (χ0) is 9.97. The van der Waals surface area contributed by atoms with Gasteiger partial charge < -0.3 is 4.42 Å². The molecule has 2 rings (SSSR count). The van der Waals surface area contributed by atoms with E-state index in [4.69, 9.17) is 16.0 Å². The van der Waals surface area contributed by atoms with Gasteiger partial charge in [0, 0.05) is 19.3 Å². The maximum absolute atomic E-state index is 5.56. The summed E-state index contributed by atoms with van der Waals surface area (Å²) in [7, 11) is 1.75. The van der Waals surface area contributed by atoms with Crippen molar-refractivity contribution in [3.63, 3.8) is 0 Å². The number of rotatable bonds is 3. The van der Waals surface area contributed by atoms with Crippen LogP contribution in [0.25, 0.3) is 11.5 Å². The topological polar surface area (TPSA) is 56.7 Å². The zero-order valence-corrected chi connectivity index (χ0v) is 8.40. The minimum Gasteiger partial charge on any atom is -0.439 e. The fourth-order valence-corrected chi connectivity index (χ4v) is 1.25. The molecular formula is C8H9ClN4O. The van der Waals surface area contributed by atoms with Gasteiger partial charge in [-0.15, -0.1) is 11.6 Å². The van der Waals surface area contributed by atoms with Crippen molar-refractivity contribution in [2.45, 2.75) is 6.42 Å². The van der Waals surface area contributed by atoms with Crippen molar-refractivity contribution in [3.8, 4) is 11.5 Å². The van der Waals surface area contributed by atoms with Gasteiger partial charge >= 0.3 is 0 Å². The van der Waals surface area contributed by atoms with Crippen molar-refractivity contribution in [3.05, 3.63) is 18.3 Å². The maximum Gasteiger partial charge on any atom is 0.196 e. The van der Waals surface area contributed by atoms with Gasteiger partial charge in [0.2, 0.25) is 0 Å². The molecule has 2 aromatic heterocycles. The molecule has 0 unspecified atom stereocenters. The molecule has 0 fully saturated rings. The van der Waals surface area contributed by atoms with Crippen LogP contribution >= 0.6 is 11.6 Å². The molecule has 0 radical (unpaired) electrons. The number of aromatic nitrogens is 4. The van der Waals surface area contributed by atoms with Crippen molar-refractivity contribution in [2.75, 3.05) is 5.88 Å². The largest absolute Gasteiger partial charge is 0.439 e. The summed E-state index contributed by atoms with van der Waals surface area (Å²) in [6.45, 7) is 0. The Morgan fingerprint density at radius 1 is 1.50 bits per heavy atom. The predicted octanol–water partition coefficient (Wildman–Crippen LogP) is 1.25. The lowest BCUT2D eigenvalue weighted by Gasteiger charge is -1.88. The van der Waals surface area contributed by atoms with E-state index in [1.807, 2.05) is 0 Å². The van der Waals surface area contributed by atoms with Crippen LogP contribution in [0.1, 0.15) is 5.89 Å². The quantitative estimate of drug-likeness (QED) is 0.719. The molecule has 0 aliphatic carbocycles. The van der Waals surface area contributed by atoms with Crippen LogP contribution in [-0.2, 0) is 13.5 Å². The molecule has 14 heavy (non-hydrogen) atoms. The lowest BCUT2D eigenvalue weighted by atomic mass is 10.4. The SMILES string of the molecule is Cn1ncc(-c2cnc(CCCl)o2)n1. The summed E-state index contributed by atoms with van der Waals surface area (Å²) >= 11 is 5.56. The molecule has 6 heteroatoms. The predicted molar refractivity (Wildman–Crippen MR) is 50.9 cm³/mol. The highest BCUT2D eigenvalue weighted by atomic mass is 35.5. The fraction of sp³-hybridized carbons (Fsp3) is 0.375. The first-order valence-electron chi connectivity index (χ1n) is 4.17. The van der Waals surface area contributed by atoms with E-state index in [1.54, 1.807) is 19.4 Å². The van der Waals surface area contributed by atoms with E-state index in [2.05, 4.69) is 15.2 Å². The summed E-state index contributed by atoms with van der Waals surface area (Å²) in [6, 6.07) is 0. The molecule has 5 nitrogen and oxygen atoms in total. The van der Waals surface area contributed by atoms with Crippen molar-refractivity contribution in [1.29, 1.82) is 0 Å². The molecule has 2 heterocycles. The van der Waals surface area contributed by atoms with Crippen LogP contribution in [0.5, 0.6) is 0 Å². The molecule has 0 amide bonds. The van der Waals surface area contributed by atoms with E-state index in [0.29, 0.717) is 29.6 Å². The van der Waals surface area contributed by atoms with Gasteiger partial charge in [0.25, 0.3) is 0 Å². The van der Waals surface area contributed by atoms with E-state index >= 15 is 0 Å². The third-order valence-electron chi connectivity index (χ3n) is 1.71. The monoisotopic (exact) mass is 212 g/mol. The van der Waals surface area contributed by atoms with Gasteiger partial charge in [0.1, 0.15) is 5.69 Å². The van der Waals surface area contributed by atoms with Crippen molar-refractivity contribution >= 4 is 11.6 Å². The van der Waals surface area contributed by atoms with Gasteiger partial charge in [0.05, 0.1) is 12.4 Å². The number of nitrogens with zero attached hydrogens (tertiary/aromatic N) is 4.